The minimum atomic E-state index is 0.167. The van der Waals surface area contributed by atoms with E-state index in [0.717, 1.165) is 19.6 Å². The zero-order valence-corrected chi connectivity index (χ0v) is 13.1. The van der Waals surface area contributed by atoms with Gasteiger partial charge in [0.1, 0.15) is 0 Å². The number of rotatable bonds is 6. The summed E-state index contributed by atoms with van der Waals surface area (Å²) in [4.78, 5) is 2.28. The van der Waals surface area contributed by atoms with Crippen molar-refractivity contribution in [2.75, 3.05) is 13.6 Å². The van der Waals surface area contributed by atoms with Crippen LogP contribution in [-0.4, -0.2) is 24.0 Å². The monoisotopic (exact) mass is 260 g/mol. The third-order valence-electron chi connectivity index (χ3n) is 2.84. The third-order valence-corrected chi connectivity index (χ3v) is 2.84. The van der Waals surface area contributed by atoms with Crippen molar-refractivity contribution in [1.82, 2.24) is 10.2 Å². The number of hydrogen-bond acceptors (Lipinski definition) is 2. The van der Waals surface area contributed by atoms with Crippen molar-refractivity contribution >= 4 is 0 Å². The van der Waals surface area contributed by atoms with Gasteiger partial charge in [-0.2, -0.15) is 0 Å². The van der Waals surface area contributed by atoms with E-state index in [4.69, 9.17) is 0 Å². The fourth-order valence-electron chi connectivity index (χ4n) is 1.96. The molecule has 0 aliphatic heterocycles. The van der Waals surface area contributed by atoms with E-state index in [1.165, 1.54) is 16.7 Å². The van der Waals surface area contributed by atoms with E-state index < -0.39 is 0 Å². The van der Waals surface area contributed by atoms with Gasteiger partial charge in [-0.25, -0.2) is 0 Å². The second-order valence-corrected chi connectivity index (χ2v) is 6.55. The van der Waals surface area contributed by atoms with Crippen LogP contribution in [0.4, 0.5) is 0 Å². The predicted octanol–water partition coefficient (Wildman–Crippen LogP) is 3.58. The molecular formula is C17H28N2. The summed E-state index contributed by atoms with van der Waals surface area (Å²) in [6, 6.07) is 8.86. The van der Waals surface area contributed by atoms with Crippen molar-refractivity contribution < 1.29 is 0 Å². The number of benzene rings is 1. The van der Waals surface area contributed by atoms with Crippen molar-refractivity contribution in [3.05, 3.63) is 47.5 Å². The highest BCUT2D eigenvalue weighted by Gasteiger charge is 2.08. The first-order valence-electron chi connectivity index (χ1n) is 6.92. The van der Waals surface area contributed by atoms with E-state index in [9.17, 15) is 0 Å². The van der Waals surface area contributed by atoms with Crippen molar-refractivity contribution in [2.45, 2.75) is 46.3 Å². The number of nitrogens with zero attached hydrogens (tertiary/aromatic N) is 1. The minimum Gasteiger partial charge on any atom is -0.308 e. The lowest BCUT2D eigenvalue weighted by atomic mass is 10.1. The zero-order chi connectivity index (χ0) is 14.5. The molecule has 0 aliphatic rings. The molecule has 0 heterocycles. The summed E-state index contributed by atoms with van der Waals surface area (Å²) < 4.78 is 0. The molecule has 0 bridgehead atoms. The topological polar surface area (TPSA) is 15.3 Å². The molecule has 0 saturated carbocycles. The standard InChI is InChI=1S/C17H28N2/c1-14(2)12-19(6)13-16-9-7-15(8-10-16)11-18-17(3,4)5/h7-10,18H,1,11-13H2,2-6H3. The van der Waals surface area contributed by atoms with Crippen molar-refractivity contribution in [3.63, 3.8) is 0 Å². The Kier molecular flexibility index (Phi) is 5.77. The summed E-state index contributed by atoms with van der Waals surface area (Å²) in [6.07, 6.45) is 0. The van der Waals surface area contributed by atoms with Crippen LogP contribution < -0.4 is 5.32 Å². The maximum Gasteiger partial charge on any atom is 0.0234 e. The zero-order valence-electron chi connectivity index (χ0n) is 13.1. The molecule has 0 aliphatic carbocycles. The molecule has 0 amide bonds. The lowest BCUT2D eigenvalue weighted by Gasteiger charge is -2.21. The van der Waals surface area contributed by atoms with Gasteiger partial charge in [-0.05, 0) is 45.9 Å². The summed E-state index contributed by atoms with van der Waals surface area (Å²) >= 11 is 0. The first kappa shape index (κ1) is 15.9. The normalized spacial score (nSPS) is 11.9. The molecule has 19 heavy (non-hydrogen) atoms. The minimum absolute atomic E-state index is 0.167. The maximum absolute atomic E-state index is 3.95. The van der Waals surface area contributed by atoms with Crippen molar-refractivity contribution in [2.24, 2.45) is 0 Å². The molecule has 0 unspecified atom stereocenters. The van der Waals surface area contributed by atoms with Crippen LogP contribution in [0.5, 0.6) is 0 Å². The number of hydrogen-bond donors (Lipinski definition) is 1. The third kappa shape index (κ3) is 7.14. The first-order chi connectivity index (χ1) is 8.76. The molecule has 106 valence electrons. The number of nitrogens with one attached hydrogen (secondary N) is 1. The predicted molar refractivity (Wildman–Crippen MR) is 84.2 cm³/mol. The summed E-state index contributed by atoms with van der Waals surface area (Å²) in [5.41, 5.74) is 4.05. The number of likely N-dealkylation sites (N-methyl/N-ethyl adjacent to an activating group) is 1. The van der Waals surface area contributed by atoms with E-state index in [1.807, 2.05) is 0 Å². The molecular weight excluding hydrogens is 232 g/mol. The molecule has 1 rings (SSSR count). The molecule has 1 N–H and O–H groups in total. The van der Waals surface area contributed by atoms with E-state index in [2.05, 4.69) is 75.8 Å². The highest BCUT2D eigenvalue weighted by atomic mass is 15.1. The van der Waals surface area contributed by atoms with Crippen molar-refractivity contribution in [1.29, 1.82) is 0 Å². The Balaban J connectivity index is 2.49. The molecule has 0 aromatic heterocycles. The molecule has 0 saturated heterocycles. The van der Waals surface area contributed by atoms with Crippen LogP contribution in [0, 0.1) is 0 Å². The molecule has 0 atom stereocenters. The average Bonchev–Trinajstić information content (AvgIpc) is 2.26. The van der Waals surface area contributed by atoms with Crippen LogP contribution >= 0.6 is 0 Å². The van der Waals surface area contributed by atoms with Gasteiger partial charge in [0.2, 0.25) is 0 Å². The maximum atomic E-state index is 3.95. The van der Waals surface area contributed by atoms with Gasteiger partial charge in [-0.1, -0.05) is 36.4 Å². The van der Waals surface area contributed by atoms with E-state index in [-0.39, 0.29) is 5.54 Å². The summed E-state index contributed by atoms with van der Waals surface area (Å²) in [5, 5.41) is 3.50. The van der Waals surface area contributed by atoms with Crippen LogP contribution in [0.3, 0.4) is 0 Å². The summed E-state index contributed by atoms with van der Waals surface area (Å²) in [6.45, 7) is 15.4. The molecule has 2 heteroatoms. The van der Waals surface area contributed by atoms with Crippen LogP contribution in [0.25, 0.3) is 0 Å². The van der Waals surface area contributed by atoms with Crippen LogP contribution in [0.15, 0.2) is 36.4 Å². The Labute approximate surface area is 118 Å². The van der Waals surface area contributed by atoms with E-state index in [0.29, 0.717) is 0 Å². The Morgan fingerprint density at radius 3 is 2.16 bits per heavy atom. The Bertz CT molecular complexity index is 398. The Morgan fingerprint density at radius 1 is 1.16 bits per heavy atom. The van der Waals surface area contributed by atoms with Gasteiger partial charge in [0.15, 0.2) is 0 Å². The quantitative estimate of drug-likeness (QED) is 0.786. The largest absolute Gasteiger partial charge is 0.308 e. The molecule has 0 radical (unpaired) electrons. The van der Waals surface area contributed by atoms with E-state index in [1.54, 1.807) is 0 Å². The second kappa shape index (κ2) is 6.88. The smallest absolute Gasteiger partial charge is 0.0234 e. The molecule has 0 fully saturated rings. The second-order valence-electron chi connectivity index (χ2n) is 6.55. The van der Waals surface area contributed by atoms with Crippen LogP contribution in [-0.2, 0) is 13.1 Å². The fraction of sp³-hybridized carbons (Fsp3) is 0.529. The highest BCUT2D eigenvalue weighted by molar-refractivity contribution is 5.22. The SMILES string of the molecule is C=C(C)CN(C)Cc1ccc(CNC(C)(C)C)cc1. The lowest BCUT2D eigenvalue weighted by molar-refractivity contribution is 0.355. The van der Waals surface area contributed by atoms with Gasteiger partial charge >= 0.3 is 0 Å². The lowest BCUT2D eigenvalue weighted by Crippen LogP contribution is -2.35. The van der Waals surface area contributed by atoms with Gasteiger partial charge in [-0.15, -0.1) is 0 Å². The van der Waals surface area contributed by atoms with Gasteiger partial charge in [0.05, 0.1) is 0 Å². The van der Waals surface area contributed by atoms with Gasteiger partial charge < -0.3 is 5.32 Å². The summed E-state index contributed by atoms with van der Waals surface area (Å²) in [7, 11) is 2.13. The average molecular weight is 260 g/mol. The first-order valence-corrected chi connectivity index (χ1v) is 6.92. The molecule has 2 nitrogen and oxygen atoms in total. The van der Waals surface area contributed by atoms with Gasteiger partial charge in [-0.3, -0.25) is 4.90 Å². The molecule has 1 aromatic carbocycles. The van der Waals surface area contributed by atoms with Crippen LogP contribution in [0.2, 0.25) is 0 Å². The van der Waals surface area contributed by atoms with Gasteiger partial charge in [0.25, 0.3) is 0 Å². The Hall–Kier alpha value is -1.12. The van der Waals surface area contributed by atoms with Gasteiger partial charge in [0, 0.05) is 25.2 Å². The molecule has 1 aromatic rings. The van der Waals surface area contributed by atoms with E-state index >= 15 is 0 Å². The highest BCUT2D eigenvalue weighted by Crippen LogP contribution is 2.09. The van der Waals surface area contributed by atoms with Crippen molar-refractivity contribution in [3.8, 4) is 0 Å². The molecule has 0 spiro atoms. The Morgan fingerprint density at radius 2 is 1.68 bits per heavy atom. The van der Waals surface area contributed by atoms with Crippen LogP contribution in [0.1, 0.15) is 38.8 Å². The fourth-order valence-corrected chi connectivity index (χ4v) is 1.96. The summed E-state index contributed by atoms with van der Waals surface area (Å²) in [5.74, 6) is 0.